The predicted molar refractivity (Wildman–Crippen MR) is 68.1 cm³/mol. The fraction of sp³-hybridized carbons (Fsp3) is 0.692. The molecule has 1 aromatic rings. The van der Waals surface area contributed by atoms with E-state index in [1.54, 1.807) is 0 Å². The molecule has 1 spiro atoms. The van der Waals surface area contributed by atoms with Gasteiger partial charge in [0.25, 0.3) is 0 Å². The molecule has 2 fully saturated rings. The summed E-state index contributed by atoms with van der Waals surface area (Å²) in [6.07, 6.45) is 2.69. The Morgan fingerprint density at radius 3 is 2.47 bits per heavy atom. The zero-order chi connectivity index (χ0) is 12.0. The molecule has 0 N–H and O–H groups in total. The van der Waals surface area contributed by atoms with Gasteiger partial charge >= 0.3 is 0 Å². The smallest absolute Gasteiger partial charge is 0.151 e. The van der Waals surface area contributed by atoms with E-state index in [1.807, 2.05) is 13.0 Å². The standard InChI is InChI=1S/C13H20N4/c1-10-4-5-12(15-14-10)17-8-13(9-17)6-11(7-13)16(2)3/h4-5,11H,6-9H2,1-3H3. The SMILES string of the molecule is Cc1ccc(N2CC3(CC(N(C)C)C3)C2)nn1. The summed E-state index contributed by atoms with van der Waals surface area (Å²) in [5.41, 5.74) is 1.57. The lowest BCUT2D eigenvalue weighted by Crippen LogP contribution is -2.66. The molecule has 92 valence electrons. The molecule has 1 saturated carbocycles. The maximum absolute atomic E-state index is 4.24. The Bertz CT molecular complexity index is 398. The highest BCUT2D eigenvalue weighted by Crippen LogP contribution is 2.50. The zero-order valence-electron chi connectivity index (χ0n) is 10.8. The Morgan fingerprint density at radius 2 is 1.94 bits per heavy atom. The van der Waals surface area contributed by atoms with Crippen LogP contribution in [0.25, 0.3) is 0 Å². The van der Waals surface area contributed by atoms with Crippen molar-refractivity contribution in [3.05, 3.63) is 17.8 Å². The third-order valence-corrected chi connectivity index (χ3v) is 4.23. The van der Waals surface area contributed by atoms with Crippen LogP contribution in [-0.2, 0) is 0 Å². The van der Waals surface area contributed by atoms with E-state index >= 15 is 0 Å². The quantitative estimate of drug-likeness (QED) is 0.769. The summed E-state index contributed by atoms with van der Waals surface area (Å²) in [5.74, 6) is 1.04. The molecule has 4 nitrogen and oxygen atoms in total. The van der Waals surface area contributed by atoms with Crippen LogP contribution >= 0.6 is 0 Å². The molecule has 1 saturated heterocycles. The van der Waals surface area contributed by atoms with Gasteiger partial charge in [0, 0.05) is 24.5 Å². The lowest BCUT2D eigenvalue weighted by atomic mass is 9.60. The Labute approximate surface area is 103 Å². The minimum absolute atomic E-state index is 0.585. The van der Waals surface area contributed by atoms with Crippen molar-refractivity contribution in [2.24, 2.45) is 5.41 Å². The van der Waals surface area contributed by atoms with Gasteiger partial charge in [0.2, 0.25) is 0 Å². The summed E-state index contributed by atoms with van der Waals surface area (Å²) < 4.78 is 0. The molecule has 0 atom stereocenters. The van der Waals surface area contributed by atoms with Gasteiger partial charge in [-0.25, -0.2) is 0 Å². The highest BCUT2D eigenvalue weighted by molar-refractivity contribution is 5.43. The van der Waals surface area contributed by atoms with Crippen LogP contribution in [0, 0.1) is 12.3 Å². The number of aryl methyl sites for hydroxylation is 1. The Kier molecular flexibility index (Phi) is 2.36. The first-order chi connectivity index (χ1) is 8.08. The van der Waals surface area contributed by atoms with E-state index in [0.717, 1.165) is 30.6 Å². The van der Waals surface area contributed by atoms with Crippen LogP contribution in [0.3, 0.4) is 0 Å². The van der Waals surface area contributed by atoms with Gasteiger partial charge in [-0.05, 0) is 46.0 Å². The number of rotatable bonds is 2. The average Bonchev–Trinajstić information content (AvgIpc) is 2.15. The van der Waals surface area contributed by atoms with Crippen LogP contribution in [0.1, 0.15) is 18.5 Å². The summed E-state index contributed by atoms with van der Waals surface area (Å²) in [6.45, 7) is 4.30. The minimum Gasteiger partial charge on any atom is -0.354 e. The Hall–Kier alpha value is -1.16. The summed E-state index contributed by atoms with van der Waals surface area (Å²) >= 11 is 0. The van der Waals surface area contributed by atoms with Crippen molar-refractivity contribution in [3.8, 4) is 0 Å². The number of aromatic nitrogens is 2. The van der Waals surface area contributed by atoms with Crippen LogP contribution in [0.5, 0.6) is 0 Å². The van der Waals surface area contributed by atoms with Crippen LogP contribution in [0.4, 0.5) is 5.82 Å². The van der Waals surface area contributed by atoms with E-state index in [1.165, 1.54) is 12.8 Å². The molecule has 2 aliphatic rings. The largest absolute Gasteiger partial charge is 0.354 e. The lowest BCUT2D eigenvalue weighted by Gasteiger charge is -2.60. The molecular weight excluding hydrogens is 212 g/mol. The molecule has 3 rings (SSSR count). The zero-order valence-corrected chi connectivity index (χ0v) is 10.8. The second-order valence-electron chi connectivity index (χ2n) is 5.91. The average molecular weight is 232 g/mol. The van der Waals surface area contributed by atoms with Gasteiger partial charge in [0.15, 0.2) is 5.82 Å². The van der Waals surface area contributed by atoms with Crippen LogP contribution in [0.15, 0.2) is 12.1 Å². The van der Waals surface area contributed by atoms with Crippen molar-refractivity contribution in [3.63, 3.8) is 0 Å². The van der Waals surface area contributed by atoms with Crippen molar-refractivity contribution < 1.29 is 0 Å². The first kappa shape index (κ1) is 11.0. The lowest BCUT2D eigenvalue weighted by molar-refractivity contribution is 0.000862. The van der Waals surface area contributed by atoms with Gasteiger partial charge in [-0.3, -0.25) is 0 Å². The maximum Gasteiger partial charge on any atom is 0.151 e. The molecule has 0 amide bonds. The van der Waals surface area contributed by atoms with E-state index in [2.05, 4.69) is 40.2 Å². The number of hydrogen-bond donors (Lipinski definition) is 0. The van der Waals surface area contributed by atoms with E-state index < -0.39 is 0 Å². The fourth-order valence-corrected chi connectivity index (χ4v) is 3.05. The van der Waals surface area contributed by atoms with Gasteiger partial charge in [0.05, 0.1) is 5.69 Å². The topological polar surface area (TPSA) is 32.3 Å². The summed E-state index contributed by atoms with van der Waals surface area (Å²) in [5, 5.41) is 8.36. The van der Waals surface area contributed by atoms with Crippen molar-refractivity contribution >= 4 is 5.82 Å². The Morgan fingerprint density at radius 1 is 1.24 bits per heavy atom. The Balaban J connectivity index is 1.57. The minimum atomic E-state index is 0.585. The number of anilines is 1. The second-order valence-corrected chi connectivity index (χ2v) is 5.91. The molecule has 17 heavy (non-hydrogen) atoms. The maximum atomic E-state index is 4.24. The van der Waals surface area contributed by atoms with Crippen molar-refractivity contribution in [2.45, 2.75) is 25.8 Å². The second kappa shape index (κ2) is 3.67. The summed E-state index contributed by atoms with van der Waals surface area (Å²) in [7, 11) is 4.36. The highest BCUT2D eigenvalue weighted by atomic mass is 15.3. The third-order valence-electron chi connectivity index (χ3n) is 4.23. The third kappa shape index (κ3) is 1.80. The summed E-state index contributed by atoms with van der Waals surface area (Å²) in [4.78, 5) is 4.69. The van der Waals surface area contributed by atoms with Crippen LogP contribution in [0.2, 0.25) is 0 Å². The van der Waals surface area contributed by atoms with E-state index in [4.69, 9.17) is 0 Å². The van der Waals surface area contributed by atoms with Gasteiger partial charge in [0.1, 0.15) is 0 Å². The number of nitrogens with zero attached hydrogens (tertiary/aromatic N) is 4. The molecular formula is C13H20N4. The fourth-order valence-electron chi connectivity index (χ4n) is 3.05. The monoisotopic (exact) mass is 232 g/mol. The van der Waals surface area contributed by atoms with Crippen LogP contribution < -0.4 is 4.90 Å². The molecule has 1 aromatic heterocycles. The molecule has 0 radical (unpaired) electrons. The van der Waals surface area contributed by atoms with Crippen molar-refractivity contribution in [1.82, 2.24) is 15.1 Å². The molecule has 1 aliphatic heterocycles. The molecule has 2 heterocycles. The number of hydrogen-bond acceptors (Lipinski definition) is 4. The molecule has 1 aliphatic carbocycles. The molecule has 0 unspecified atom stereocenters. The van der Waals surface area contributed by atoms with Crippen molar-refractivity contribution in [2.75, 3.05) is 32.1 Å². The van der Waals surface area contributed by atoms with Crippen molar-refractivity contribution in [1.29, 1.82) is 0 Å². The van der Waals surface area contributed by atoms with E-state index in [-0.39, 0.29) is 0 Å². The van der Waals surface area contributed by atoms with Gasteiger partial charge in [-0.1, -0.05) is 0 Å². The van der Waals surface area contributed by atoms with Gasteiger partial charge < -0.3 is 9.80 Å². The first-order valence-electron chi connectivity index (χ1n) is 6.30. The molecule has 4 heteroatoms. The van der Waals surface area contributed by atoms with Crippen LogP contribution in [-0.4, -0.2) is 48.3 Å². The van der Waals surface area contributed by atoms with E-state index in [0.29, 0.717) is 5.41 Å². The van der Waals surface area contributed by atoms with E-state index in [9.17, 15) is 0 Å². The summed E-state index contributed by atoms with van der Waals surface area (Å²) in [6, 6.07) is 4.91. The first-order valence-corrected chi connectivity index (χ1v) is 6.30. The highest BCUT2D eigenvalue weighted by Gasteiger charge is 2.53. The normalized spacial score (nSPS) is 22.7. The predicted octanol–water partition coefficient (Wildman–Crippen LogP) is 1.32. The molecule has 0 bridgehead atoms. The molecule has 0 aromatic carbocycles. The van der Waals surface area contributed by atoms with Gasteiger partial charge in [-0.2, -0.15) is 5.10 Å². The van der Waals surface area contributed by atoms with Gasteiger partial charge in [-0.15, -0.1) is 5.10 Å².